The molecular weight excluding hydrogens is 444 g/mol. The van der Waals surface area contributed by atoms with E-state index in [2.05, 4.69) is 20.0 Å². The van der Waals surface area contributed by atoms with Crippen LogP contribution in [-0.4, -0.2) is 36.5 Å². The van der Waals surface area contributed by atoms with Crippen molar-refractivity contribution in [3.8, 4) is 11.6 Å². The number of hydrogen-bond donors (Lipinski definition) is 3. The molecule has 0 saturated carbocycles. The van der Waals surface area contributed by atoms with Gasteiger partial charge in [-0.2, -0.15) is 4.98 Å². The first-order chi connectivity index (χ1) is 15.8. The van der Waals surface area contributed by atoms with E-state index < -0.39 is 16.0 Å². The van der Waals surface area contributed by atoms with Crippen LogP contribution in [0.1, 0.15) is 15.9 Å². The first-order valence-corrected chi connectivity index (χ1v) is 11.5. The van der Waals surface area contributed by atoms with Gasteiger partial charge in [0.25, 0.3) is 0 Å². The van der Waals surface area contributed by atoms with Crippen LogP contribution in [-0.2, 0) is 15.8 Å². The Hall–Kier alpha value is -4.02. The Morgan fingerprint density at radius 3 is 2.67 bits per heavy atom. The standard InChI is InChI=1S/C23H20N4O5S/c1-24-33(30,31)14-15-4-2-6-17(12-15)26-23-25-11-10-21(27-23)32-18-8-9-19-16(13-18)5-3-7-20(19)22(28)29/h2-13,24H,14H2,1H3,(H,28,29)(H,25,26,27). The van der Waals surface area contributed by atoms with Gasteiger partial charge in [0, 0.05) is 18.0 Å². The molecule has 0 spiro atoms. The Morgan fingerprint density at radius 1 is 1.06 bits per heavy atom. The lowest BCUT2D eigenvalue weighted by atomic mass is 10.0. The zero-order chi connectivity index (χ0) is 23.4. The number of nitrogens with zero attached hydrogens (tertiary/aromatic N) is 2. The minimum Gasteiger partial charge on any atom is -0.478 e. The molecule has 0 saturated heterocycles. The van der Waals surface area contributed by atoms with Gasteiger partial charge in [-0.3, -0.25) is 0 Å². The number of fused-ring (bicyclic) bond motifs is 1. The van der Waals surface area contributed by atoms with E-state index in [4.69, 9.17) is 4.74 Å². The molecule has 0 atom stereocenters. The SMILES string of the molecule is CNS(=O)(=O)Cc1cccc(Nc2nccc(Oc3ccc4c(C(=O)O)cccc4c3)n2)c1. The lowest BCUT2D eigenvalue weighted by molar-refractivity contribution is 0.0699. The Kier molecular flexibility index (Phi) is 6.20. The number of carbonyl (C=O) groups is 1. The second kappa shape index (κ2) is 9.23. The number of hydrogen-bond acceptors (Lipinski definition) is 7. The number of anilines is 2. The van der Waals surface area contributed by atoms with Gasteiger partial charge in [-0.05, 0) is 59.8 Å². The minimum absolute atomic E-state index is 0.144. The Morgan fingerprint density at radius 2 is 1.88 bits per heavy atom. The van der Waals surface area contributed by atoms with Crippen molar-refractivity contribution in [1.29, 1.82) is 0 Å². The smallest absolute Gasteiger partial charge is 0.336 e. The van der Waals surface area contributed by atoms with E-state index >= 15 is 0 Å². The van der Waals surface area contributed by atoms with E-state index in [-0.39, 0.29) is 23.1 Å². The monoisotopic (exact) mass is 464 g/mol. The summed E-state index contributed by atoms with van der Waals surface area (Å²) in [6.07, 6.45) is 1.53. The van der Waals surface area contributed by atoms with Crippen LogP contribution in [0.25, 0.3) is 10.8 Å². The molecule has 0 unspecified atom stereocenters. The molecule has 0 aliphatic heterocycles. The van der Waals surface area contributed by atoms with Crippen LogP contribution in [0.15, 0.2) is 72.9 Å². The maximum atomic E-state index is 11.8. The topological polar surface area (TPSA) is 131 Å². The molecule has 0 bridgehead atoms. The van der Waals surface area contributed by atoms with Crippen molar-refractivity contribution in [2.45, 2.75) is 5.75 Å². The highest BCUT2D eigenvalue weighted by Crippen LogP contribution is 2.27. The summed E-state index contributed by atoms with van der Waals surface area (Å²) < 4.78 is 31.7. The number of aromatic carboxylic acids is 1. The van der Waals surface area contributed by atoms with E-state index in [1.54, 1.807) is 60.7 Å². The van der Waals surface area contributed by atoms with Crippen molar-refractivity contribution in [2.24, 2.45) is 0 Å². The molecule has 168 valence electrons. The number of sulfonamides is 1. The van der Waals surface area contributed by atoms with Crippen LogP contribution in [0.5, 0.6) is 11.6 Å². The van der Waals surface area contributed by atoms with E-state index in [1.165, 1.54) is 13.2 Å². The van der Waals surface area contributed by atoms with Crippen molar-refractivity contribution >= 4 is 38.4 Å². The zero-order valence-electron chi connectivity index (χ0n) is 17.5. The zero-order valence-corrected chi connectivity index (χ0v) is 18.3. The summed E-state index contributed by atoms with van der Waals surface area (Å²) in [5.74, 6) is -0.0817. The fourth-order valence-electron chi connectivity index (χ4n) is 3.25. The van der Waals surface area contributed by atoms with Gasteiger partial charge in [0.2, 0.25) is 21.9 Å². The Balaban J connectivity index is 1.53. The van der Waals surface area contributed by atoms with E-state index in [9.17, 15) is 18.3 Å². The third-order valence-electron chi connectivity index (χ3n) is 4.79. The van der Waals surface area contributed by atoms with Crippen LogP contribution < -0.4 is 14.8 Å². The third kappa shape index (κ3) is 5.43. The molecule has 0 amide bonds. The average Bonchev–Trinajstić information content (AvgIpc) is 2.78. The molecule has 4 aromatic rings. The summed E-state index contributed by atoms with van der Waals surface area (Å²) >= 11 is 0. The van der Waals surface area contributed by atoms with Gasteiger partial charge in [0.15, 0.2) is 0 Å². The van der Waals surface area contributed by atoms with Gasteiger partial charge in [-0.1, -0.05) is 24.3 Å². The second-order valence-corrected chi connectivity index (χ2v) is 9.03. The largest absolute Gasteiger partial charge is 0.478 e. The normalized spacial score (nSPS) is 11.3. The molecule has 4 rings (SSSR count). The number of benzene rings is 3. The first kappa shape index (κ1) is 22.2. The summed E-state index contributed by atoms with van der Waals surface area (Å²) in [4.78, 5) is 19.9. The van der Waals surface area contributed by atoms with Gasteiger partial charge < -0.3 is 15.2 Å². The molecule has 0 radical (unpaired) electrons. The quantitative estimate of drug-likeness (QED) is 0.358. The molecule has 1 aromatic heterocycles. The number of rotatable bonds is 8. The molecule has 10 heteroatoms. The fraction of sp³-hybridized carbons (Fsp3) is 0.0870. The fourth-order valence-corrected chi connectivity index (χ4v) is 4.01. The first-order valence-electron chi connectivity index (χ1n) is 9.87. The maximum Gasteiger partial charge on any atom is 0.336 e. The number of aromatic nitrogens is 2. The highest BCUT2D eigenvalue weighted by atomic mass is 32.2. The molecule has 3 aromatic carbocycles. The van der Waals surface area contributed by atoms with Crippen LogP contribution in [0.4, 0.5) is 11.6 Å². The van der Waals surface area contributed by atoms with Crippen LogP contribution in [0.3, 0.4) is 0 Å². The predicted molar refractivity (Wildman–Crippen MR) is 124 cm³/mol. The summed E-state index contributed by atoms with van der Waals surface area (Å²) in [5.41, 5.74) is 1.46. The average molecular weight is 465 g/mol. The minimum atomic E-state index is -3.39. The maximum absolute atomic E-state index is 11.8. The van der Waals surface area contributed by atoms with Gasteiger partial charge in [0.1, 0.15) is 5.75 Å². The third-order valence-corrected chi connectivity index (χ3v) is 6.12. The van der Waals surface area contributed by atoms with E-state index in [0.717, 1.165) is 5.39 Å². The predicted octanol–water partition coefficient (Wildman–Crippen LogP) is 3.91. The van der Waals surface area contributed by atoms with E-state index in [1.807, 2.05) is 6.07 Å². The van der Waals surface area contributed by atoms with Crippen molar-refractivity contribution in [3.63, 3.8) is 0 Å². The lowest BCUT2D eigenvalue weighted by Crippen LogP contribution is -2.20. The van der Waals surface area contributed by atoms with Gasteiger partial charge in [-0.25, -0.2) is 22.9 Å². The Bertz CT molecular complexity index is 1440. The molecule has 0 fully saturated rings. The van der Waals surface area contributed by atoms with Gasteiger partial charge >= 0.3 is 5.97 Å². The molecule has 3 N–H and O–H groups in total. The summed E-state index contributed by atoms with van der Waals surface area (Å²) in [6, 6.07) is 18.7. The van der Waals surface area contributed by atoms with Crippen molar-refractivity contribution < 1.29 is 23.1 Å². The number of carboxylic acids is 1. The van der Waals surface area contributed by atoms with Crippen LogP contribution >= 0.6 is 0 Å². The molecular formula is C23H20N4O5S. The number of ether oxygens (including phenoxy) is 1. The van der Waals surface area contributed by atoms with Crippen molar-refractivity contribution in [2.75, 3.05) is 12.4 Å². The second-order valence-electron chi connectivity index (χ2n) is 7.10. The van der Waals surface area contributed by atoms with E-state index in [0.29, 0.717) is 22.4 Å². The summed E-state index contributed by atoms with van der Waals surface area (Å²) in [7, 11) is -2.02. The van der Waals surface area contributed by atoms with Crippen LogP contribution in [0.2, 0.25) is 0 Å². The van der Waals surface area contributed by atoms with Gasteiger partial charge in [-0.15, -0.1) is 0 Å². The molecule has 0 aliphatic rings. The summed E-state index contributed by atoms with van der Waals surface area (Å²) in [5, 5.41) is 13.7. The highest BCUT2D eigenvalue weighted by Gasteiger charge is 2.11. The number of nitrogens with one attached hydrogen (secondary N) is 2. The van der Waals surface area contributed by atoms with Crippen molar-refractivity contribution in [3.05, 3.63) is 84.1 Å². The van der Waals surface area contributed by atoms with Gasteiger partial charge in [0.05, 0.1) is 11.3 Å². The Labute approximate surface area is 190 Å². The highest BCUT2D eigenvalue weighted by molar-refractivity contribution is 7.88. The molecule has 33 heavy (non-hydrogen) atoms. The molecule has 0 aliphatic carbocycles. The molecule has 1 heterocycles. The lowest BCUT2D eigenvalue weighted by Gasteiger charge is -2.10. The molecule has 9 nitrogen and oxygen atoms in total. The van der Waals surface area contributed by atoms with Crippen LogP contribution in [0, 0.1) is 0 Å². The summed E-state index contributed by atoms with van der Waals surface area (Å²) in [6.45, 7) is 0. The van der Waals surface area contributed by atoms with Crippen molar-refractivity contribution in [1.82, 2.24) is 14.7 Å². The number of carboxylic acid groups (broad SMARTS) is 1.